The molecule has 110 valence electrons. The number of hydrogen-bond donors (Lipinski definition) is 1. The molecule has 1 heterocycles. The maximum Gasteiger partial charge on any atom is 0.342 e. The van der Waals surface area contributed by atoms with Crippen molar-refractivity contribution in [1.29, 1.82) is 0 Å². The van der Waals surface area contributed by atoms with Crippen LogP contribution in [0.3, 0.4) is 0 Å². The van der Waals surface area contributed by atoms with Crippen molar-refractivity contribution < 1.29 is 9.53 Å². The summed E-state index contributed by atoms with van der Waals surface area (Å²) in [5.41, 5.74) is 2.51. The Kier molecular flexibility index (Phi) is 4.85. The highest BCUT2D eigenvalue weighted by molar-refractivity contribution is 7.71. The predicted octanol–water partition coefficient (Wildman–Crippen LogP) is 3.93. The minimum Gasteiger partial charge on any atom is -0.462 e. The van der Waals surface area contributed by atoms with Crippen LogP contribution in [0.1, 0.15) is 29.9 Å². The summed E-state index contributed by atoms with van der Waals surface area (Å²) in [5.74, 6) is -0.0941. The number of hydrogen-bond acceptors (Lipinski definition) is 4. The molecule has 5 heteroatoms. The van der Waals surface area contributed by atoms with E-state index in [4.69, 9.17) is 17.0 Å². The van der Waals surface area contributed by atoms with Crippen molar-refractivity contribution in [3.05, 3.63) is 46.4 Å². The van der Waals surface area contributed by atoms with Gasteiger partial charge in [0, 0.05) is 11.3 Å². The van der Waals surface area contributed by atoms with E-state index in [9.17, 15) is 4.79 Å². The summed E-state index contributed by atoms with van der Waals surface area (Å²) in [5, 5.41) is 0. The Labute approximate surface area is 129 Å². The second-order valence-corrected chi connectivity index (χ2v) is 5.64. The zero-order chi connectivity index (χ0) is 15.4. The summed E-state index contributed by atoms with van der Waals surface area (Å²) in [7, 11) is 0. The number of aromatic nitrogens is 2. The summed E-state index contributed by atoms with van der Waals surface area (Å²) >= 11 is 5.12. The third kappa shape index (κ3) is 3.76. The number of rotatable bonds is 4. The third-order valence-corrected chi connectivity index (χ3v) is 3.11. The molecule has 1 aromatic carbocycles. The van der Waals surface area contributed by atoms with Gasteiger partial charge in [0.1, 0.15) is 5.56 Å². The van der Waals surface area contributed by atoms with Crippen molar-refractivity contribution in [3.63, 3.8) is 0 Å². The van der Waals surface area contributed by atoms with Gasteiger partial charge in [-0.3, -0.25) is 0 Å². The number of aromatic amines is 1. The molecule has 21 heavy (non-hydrogen) atoms. The summed E-state index contributed by atoms with van der Waals surface area (Å²) in [6.45, 7) is 6.17. The van der Waals surface area contributed by atoms with Crippen LogP contribution in [-0.4, -0.2) is 22.5 Å². The summed E-state index contributed by atoms with van der Waals surface area (Å²) in [6, 6.07) is 9.51. The molecule has 0 aliphatic rings. The number of nitrogens with zero attached hydrogens (tertiary/aromatic N) is 1. The molecule has 0 amide bonds. The van der Waals surface area contributed by atoms with Crippen LogP contribution in [0.2, 0.25) is 0 Å². The number of nitrogens with one attached hydrogen (secondary N) is 1. The highest BCUT2D eigenvalue weighted by Gasteiger charge is 2.19. The average molecular weight is 302 g/mol. The first-order valence-corrected chi connectivity index (χ1v) is 7.23. The SMILES string of the molecule is Cc1[nH]c(=S)nc(-c2ccccc2)c1C(=O)OCC(C)C. The molecule has 0 saturated heterocycles. The van der Waals surface area contributed by atoms with E-state index in [2.05, 4.69) is 9.97 Å². The Morgan fingerprint density at radius 3 is 2.62 bits per heavy atom. The van der Waals surface area contributed by atoms with E-state index in [-0.39, 0.29) is 11.9 Å². The number of esters is 1. The van der Waals surface area contributed by atoms with E-state index in [1.165, 1.54) is 0 Å². The van der Waals surface area contributed by atoms with Gasteiger partial charge in [-0.05, 0) is 25.1 Å². The lowest BCUT2D eigenvalue weighted by molar-refractivity contribution is 0.0458. The fourth-order valence-corrected chi connectivity index (χ4v) is 2.20. The molecular weight excluding hydrogens is 284 g/mol. The molecule has 0 saturated carbocycles. The van der Waals surface area contributed by atoms with E-state index < -0.39 is 0 Å². The summed E-state index contributed by atoms with van der Waals surface area (Å²) < 4.78 is 5.69. The topological polar surface area (TPSA) is 55.0 Å². The maximum absolute atomic E-state index is 12.4. The van der Waals surface area contributed by atoms with Crippen molar-refractivity contribution in [3.8, 4) is 11.3 Å². The maximum atomic E-state index is 12.4. The second-order valence-electron chi connectivity index (χ2n) is 5.25. The lowest BCUT2D eigenvalue weighted by Gasteiger charge is -2.12. The van der Waals surface area contributed by atoms with Crippen LogP contribution in [-0.2, 0) is 4.74 Å². The van der Waals surface area contributed by atoms with Crippen molar-refractivity contribution in [1.82, 2.24) is 9.97 Å². The number of aryl methyl sites for hydroxylation is 1. The Balaban J connectivity index is 2.49. The van der Waals surface area contributed by atoms with Gasteiger partial charge in [0.15, 0.2) is 4.77 Å². The van der Waals surface area contributed by atoms with E-state index in [1.54, 1.807) is 6.92 Å². The van der Waals surface area contributed by atoms with Gasteiger partial charge in [-0.1, -0.05) is 44.2 Å². The predicted molar refractivity (Wildman–Crippen MR) is 84.7 cm³/mol. The van der Waals surface area contributed by atoms with Gasteiger partial charge in [0.2, 0.25) is 0 Å². The van der Waals surface area contributed by atoms with E-state index in [0.717, 1.165) is 5.56 Å². The molecule has 0 atom stereocenters. The molecule has 1 aromatic heterocycles. The standard InChI is InChI=1S/C16H18N2O2S/c1-10(2)9-20-15(19)13-11(3)17-16(21)18-14(13)12-7-5-4-6-8-12/h4-8,10H,9H2,1-3H3,(H,17,18,21). The lowest BCUT2D eigenvalue weighted by Crippen LogP contribution is -2.14. The zero-order valence-electron chi connectivity index (χ0n) is 12.3. The van der Waals surface area contributed by atoms with Gasteiger partial charge in [0.25, 0.3) is 0 Å². The molecule has 0 radical (unpaired) electrons. The summed E-state index contributed by atoms with van der Waals surface area (Å²) in [6.07, 6.45) is 0. The molecule has 0 aliphatic carbocycles. The fraction of sp³-hybridized carbons (Fsp3) is 0.312. The minimum absolute atomic E-state index is 0.282. The van der Waals surface area contributed by atoms with E-state index in [1.807, 2.05) is 44.2 Å². The van der Waals surface area contributed by atoms with Crippen LogP contribution >= 0.6 is 12.2 Å². The van der Waals surface area contributed by atoms with Crippen LogP contribution in [0.4, 0.5) is 0 Å². The molecule has 4 nitrogen and oxygen atoms in total. The van der Waals surface area contributed by atoms with Gasteiger partial charge in [-0.25, -0.2) is 9.78 Å². The van der Waals surface area contributed by atoms with Gasteiger partial charge in [0.05, 0.1) is 12.3 Å². The molecule has 0 fully saturated rings. The van der Waals surface area contributed by atoms with Crippen molar-refractivity contribution in [2.45, 2.75) is 20.8 Å². The third-order valence-electron chi connectivity index (χ3n) is 2.92. The molecule has 0 spiro atoms. The number of carbonyl (C=O) groups excluding carboxylic acids is 1. The fourth-order valence-electron chi connectivity index (χ4n) is 1.96. The van der Waals surface area contributed by atoms with Crippen molar-refractivity contribution in [2.75, 3.05) is 6.61 Å². The first-order chi connectivity index (χ1) is 9.99. The van der Waals surface area contributed by atoms with Gasteiger partial charge in [-0.2, -0.15) is 0 Å². The zero-order valence-corrected chi connectivity index (χ0v) is 13.2. The van der Waals surface area contributed by atoms with Crippen LogP contribution in [0.15, 0.2) is 30.3 Å². The Morgan fingerprint density at radius 2 is 2.00 bits per heavy atom. The van der Waals surface area contributed by atoms with E-state index in [0.29, 0.717) is 28.3 Å². The Bertz CT molecular complexity index is 693. The van der Waals surface area contributed by atoms with Crippen molar-refractivity contribution in [2.24, 2.45) is 5.92 Å². The lowest BCUT2D eigenvalue weighted by atomic mass is 10.0. The monoisotopic (exact) mass is 302 g/mol. The Hall–Kier alpha value is -2.01. The van der Waals surface area contributed by atoms with Gasteiger partial charge in [-0.15, -0.1) is 0 Å². The molecule has 0 unspecified atom stereocenters. The van der Waals surface area contributed by atoms with Crippen LogP contribution < -0.4 is 0 Å². The number of benzene rings is 1. The Morgan fingerprint density at radius 1 is 1.33 bits per heavy atom. The van der Waals surface area contributed by atoms with Crippen LogP contribution in [0.25, 0.3) is 11.3 Å². The number of H-pyrrole nitrogens is 1. The van der Waals surface area contributed by atoms with Gasteiger partial charge >= 0.3 is 5.97 Å². The molecule has 2 aromatic rings. The first kappa shape index (κ1) is 15.4. The molecule has 1 N–H and O–H groups in total. The number of ether oxygens (including phenoxy) is 1. The van der Waals surface area contributed by atoms with Gasteiger partial charge < -0.3 is 9.72 Å². The van der Waals surface area contributed by atoms with E-state index >= 15 is 0 Å². The summed E-state index contributed by atoms with van der Waals surface area (Å²) in [4.78, 5) is 19.6. The second kappa shape index (κ2) is 6.63. The molecule has 2 rings (SSSR count). The van der Waals surface area contributed by atoms with Crippen LogP contribution in [0.5, 0.6) is 0 Å². The molecular formula is C16H18N2O2S. The number of carbonyl (C=O) groups is 1. The normalized spacial score (nSPS) is 10.7. The highest BCUT2D eigenvalue weighted by atomic mass is 32.1. The van der Waals surface area contributed by atoms with Crippen molar-refractivity contribution >= 4 is 18.2 Å². The minimum atomic E-state index is -0.376. The molecule has 0 bridgehead atoms. The smallest absolute Gasteiger partial charge is 0.342 e. The first-order valence-electron chi connectivity index (χ1n) is 6.82. The van der Waals surface area contributed by atoms with Crippen LogP contribution in [0, 0.1) is 17.6 Å². The quantitative estimate of drug-likeness (QED) is 0.687. The average Bonchev–Trinajstić information content (AvgIpc) is 2.45. The highest BCUT2D eigenvalue weighted by Crippen LogP contribution is 2.23. The largest absolute Gasteiger partial charge is 0.462 e. The molecule has 0 aliphatic heterocycles.